The van der Waals surface area contributed by atoms with E-state index in [1.54, 1.807) is 30.6 Å². The largest absolute Gasteiger partial charge is 0.486 e. The van der Waals surface area contributed by atoms with Crippen LogP contribution in [0.2, 0.25) is 0 Å². The number of thiazole rings is 1. The molecule has 1 aromatic carbocycles. The van der Waals surface area contributed by atoms with Gasteiger partial charge in [-0.3, -0.25) is 9.59 Å². The Morgan fingerprint density at radius 3 is 2.88 bits per heavy atom. The summed E-state index contributed by atoms with van der Waals surface area (Å²) in [5.41, 5.74) is 3.02. The standard InChI is InChI=1S/C17H20N2O4S/c1-2-22-16(20)8-5-9-18-17(21)14-6-3-4-7-15(14)23-10-13-11-24-12-19-13/h3-4,6-7,11-12H,2,5,8-10H2,1H3,(H,18,21). The second-order valence-corrected chi connectivity index (χ2v) is 5.65. The van der Waals surface area contributed by atoms with E-state index in [1.165, 1.54) is 11.3 Å². The van der Waals surface area contributed by atoms with Gasteiger partial charge in [-0.1, -0.05) is 12.1 Å². The van der Waals surface area contributed by atoms with Crippen LogP contribution in [0.5, 0.6) is 5.75 Å². The summed E-state index contributed by atoms with van der Waals surface area (Å²) in [4.78, 5) is 27.7. The molecule has 0 saturated carbocycles. The summed E-state index contributed by atoms with van der Waals surface area (Å²) in [5.74, 6) is 0.0277. The van der Waals surface area contributed by atoms with Crippen molar-refractivity contribution in [3.05, 3.63) is 46.4 Å². The van der Waals surface area contributed by atoms with Gasteiger partial charge in [-0.25, -0.2) is 4.98 Å². The van der Waals surface area contributed by atoms with Crippen LogP contribution in [0.15, 0.2) is 35.2 Å². The van der Waals surface area contributed by atoms with Gasteiger partial charge in [0, 0.05) is 18.3 Å². The molecular weight excluding hydrogens is 328 g/mol. The number of nitrogens with one attached hydrogen (secondary N) is 1. The van der Waals surface area contributed by atoms with Crippen molar-refractivity contribution in [3.63, 3.8) is 0 Å². The lowest BCUT2D eigenvalue weighted by Crippen LogP contribution is -2.25. The van der Waals surface area contributed by atoms with Crippen LogP contribution in [-0.2, 0) is 16.1 Å². The second-order valence-electron chi connectivity index (χ2n) is 4.93. The molecule has 1 aromatic heterocycles. The average molecular weight is 348 g/mol. The lowest BCUT2D eigenvalue weighted by Gasteiger charge is -2.11. The fourth-order valence-corrected chi connectivity index (χ4v) is 2.55. The second kappa shape index (κ2) is 9.67. The smallest absolute Gasteiger partial charge is 0.305 e. The third-order valence-corrected chi connectivity index (χ3v) is 3.77. The van der Waals surface area contributed by atoms with Crippen molar-refractivity contribution in [2.75, 3.05) is 13.2 Å². The summed E-state index contributed by atoms with van der Waals surface area (Å²) >= 11 is 1.50. The van der Waals surface area contributed by atoms with Gasteiger partial charge in [-0.15, -0.1) is 11.3 Å². The Balaban J connectivity index is 1.84. The third kappa shape index (κ3) is 5.66. The van der Waals surface area contributed by atoms with E-state index in [-0.39, 0.29) is 18.3 Å². The van der Waals surface area contributed by atoms with Crippen molar-refractivity contribution >= 4 is 23.2 Å². The third-order valence-electron chi connectivity index (χ3n) is 3.14. The van der Waals surface area contributed by atoms with Crippen molar-refractivity contribution in [2.45, 2.75) is 26.4 Å². The van der Waals surface area contributed by atoms with Crippen LogP contribution in [0.1, 0.15) is 35.8 Å². The Labute approximate surface area is 144 Å². The number of carbonyl (C=O) groups is 2. The minimum Gasteiger partial charge on any atom is -0.486 e. The molecule has 0 atom stereocenters. The molecule has 0 fully saturated rings. The number of rotatable bonds is 9. The van der Waals surface area contributed by atoms with Gasteiger partial charge in [0.2, 0.25) is 0 Å². The Kier molecular flexibility index (Phi) is 7.22. The Hall–Kier alpha value is -2.41. The molecule has 1 amide bonds. The van der Waals surface area contributed by atoms with Gasteiger partial charge < -0.3 is 14.8 Å². The minimum atomic E-state index is -0.251. The highest BCUT2D eigenvalue weighted by Gasteiger charge is 2.12. The number of esters is 1. The zero-order chi connectivity index (χ0) is 17.2. The van der Waals surface area contributed by atoms with Crippen molar-refractivity contribution < 1.29 is 19.1 Å². The van der Waals surface area contributed by atoms with E-state index in [0.717, 1.165) is 5.69 Å². The maximum Gasteiger partial charge on any atom is 0.305 e. The quantitative estimate of drug-likeness (QED) is 0.557. The van der Waals surface area contributed by atoms with Crippen LogP contribution in [0.25, 0.3) is 0 Å². The zero-order valence-electron chi connectivity index (χ0n) is 13.5. The summed E-state index contributed by atoms with van der Waals surface area (Å²) in [6, 6.07) is 7.05. The highest BCUT2D eigenvalue weighted by atomic mass is 32.1. The van der Waals surface area contributed by atoms with E-state index in [4.69, 9.17) is 9.47 Å². The predicted molar refractivity (Wildman–Crippen MR) is 91.1 cm³/mol. The highest BCUT2D eigenvalue weighted by Crippen LogP contribution is 2.19. The van der Waals surface area contributed by atoms with E-state index in [2.05, 4.69) is 10.3 Å². The lowest BCUT2D eigenvalue weighted by atomic mass is 10.2. The Morgan fingerprint density at radius 1 is 1.29 bits per heavy atom. The normalized spacial score (nSPS) is 10.2. The van der Waals surface area contributed by atoms with E-state index in [1.807, 2.05) is 11.4 Å². The summed E-state index contributed by atoms with van der Waals surface area (Å²) in [7, 11) is 0. The van der Waals surface area contributed by atoms with E-state index in [0.29, 0.717) is 37.5 Å². The number of aromatic nitrogens is 1. The molecular formula is C17H20N2O4S. The molecule has 1 N–H and O–H groups in total. The number of carbonyl (C=O) groups excluding carboxylic acids is 2. The van der Waals surface area contributed by atoms with Gasteiger partial charge in [0.15, 0.2) is 0 Å². The van der Waals surface area contributed by atoms with Gasteiger partial charge in [0.1, 0.15) is 12.4 Å². The fourth-order valence-electron chi connectivity index (χ4n) is 2.00. The molecule has 0 aliphatic carbocycles. The molecule has 6 nitrogen and oxygen atoms in total. The van der Waals surface area contributed by atoms with Gasteiger partial charge in [-0.2, -0.15) is 0 Å². The highest BCUT2D eigenvalue weighted by molar-refractivity contribution is 7.07. The number of amides is 1. The molecule has 0 bridgehead atoms. The Bertz CT molecular complexity index is 658. The zero-order valence-corrected chi connectivity index (χ0v) is 14.3. The topological polar surface area (TPSA) is 77.5 Å². The monoisotopic (exact) mass is 348 g/mol. The lowest BCUT2D eigenvalue weighted by molar-refractivity contribution is -0.143. The average Bonchev–Trinajstić information content (AvgIpc) is 3.11. The summed E-state index contributed by atoms with van der Waals surface area (Å²) in [5, 5.41) is 4.69. The first-order valence-corrected chi connectivity index (χ1v) is 8.67. The van der Waals surface area contributed by atoms with Gasteiger partial charge >= 0.3 is 5.97 Å². The van der Waals surface area contributed by atoms with E-state index in [9.17, 15) is 9.59 Å². The van der Waals surface area contributed by atoms with Gasteiger partial charge in [0.05, 0.1) is 23.4 Å². The summed E-state index contributed by atoms with van der Waals surface area (Å²) < 4.78 is 10.5. The minimum absolute atomic E-state index is 0.229. The molecule has 2 rings (SSSR count). The first-order chi connectivity index (χ1) is 11.7. The molecule has 2 aromatic rings. The van der Waals surface area contributed by atoms with Crippen molar-refractivity contribution in [3.8, 4) is 5.75 Å². The fraction of sp³-hybridized carbons (Fsp3) is 0.353. The van der Waals surface area contributed by atoms with Crippen LogP contribution < -0.4 is 10.1 Å². The summed E-state index contributed by atoms with van der Waals surface area (Å²) in [6.45, 7) is 2.85. The molecule has 24 heavy (non-hydrogen) atoms. The number of hydrogen-bond donors (Lipinski definition) is 1. The predicted octanol–water partition coefficient (Wildman–Crippen LogP) is 2.80. The van der Waals surface area contributed by atoms with Crippen LogP contribution in [0.4, 0.5) is 0 Å². The molecule has 1 heterocycles. The van der Waals surface area contributed by atoms with E-state index >= 15 is 0 Å². The SMILES string of the molecule is CCOC(=O)CCCNC(=O)c1ccccc1OCc1cscn1. The van der Waals surface area contributed by atoms with Crippen molar-refractivity contribution in [2.24, 2.45) is 0 Å². The van der Waals surface area contributed by atoms with Crippen LogP contribution in [0.3, 0.4) is 0 Å². The van der Waals surface area contributed by atoms with Crippen LogP contribution >= 0.6 is 11.3 Å². The molecule has 0 spiro atoms. The number of ether oxygens (including phenoxy) is 2. The molecule has 0 aliphatic heterocycles. The maximum atomic E-state index is 12.3. The van der Waals surface area contributed by atoms with Crippen LogP contribution in [0, 0.1) is 0 Å². The maximum absolute atomic E-state index is 12.3. The molecule has 0 unspecified atom stereocenters. The molecule has 7 heteroatoms. The Morgan fingerprint density at radius 2 is 2.12 bits per heavy atom. The number of benzene rings is 1. The molecule has 0 aliphatic rings. The molecule has 0 radical (unpaired) electrons. The molecule has 128 valence electrons. The van der Waals surface area contributed by atoms with Gasteiger partial charge in [0.25, 0.3) is 5.91 Å². The van der Waals surface area contributed by atoms with Crippen molar-refractivity contribution in [1.29, 1.82) is 0 Å². The molecule has 0 saturated heterocycles. The first-order valence-electron chi connectivity index (χ1n) is 7.73. The number of para-hydroxylation sites is 1. The first kappa shape index (κ1) is 17.9. The van der Waals surface area contributed by atoms with Crippen LogP contribution in [-0.4, -0.2) is 30.0 Å². The number of nitrogens with zero attached hydrogens (tertiary/aromatic N) is 1. The van der Waals surface area contributed by atoms with Crippen molar-refractivity contribution in [1.82, 2.24) is 10.3 Å². The summed E-state index contributed by atoms with van der Waals surface area (Å²) in [6.07, 6.45) is 0.822. The number of hydrogen-bond acceptors (Lipinski definition) is 6. The van der Waals surface area contributed by atoms with Gasteiger partial charge in [-0.05, 0) is 25.5 Å². The van der Waals surface area contributed by atoms with E-state index < -0.39 is 0 Å².